The van der Waals surface area contributed by atoms with Gasteiger partial charge in [-0.3, -0.25) is 4.79 Å². The highest BCUT2D eigenvalue weighted by atomic mass is 32.1. The van der Waals surface area contributed by atoms with Crippen molar-refractivity contribution in [2.24, 2.45) is 0 Å². The number of anilines is 1. The Morgan fingerprint density at radius 3 is 2.47 bits per heavy atom. The Morgan fingerprint density at radius 2 is 1.94 bits per heavy atom. The number of aryl methyl sites for hydroxylation is 1. The number of hydrogen-bond acceptors (Lipinski definition) is 3. The number of carbonyl (C=O) groups excluding carboxylic acids is 1. The van der Waals surface area contributed by atoms with E-state index in [1.54, 1.807) is 6.92 Å². The minimum atomic E-state index is -0.281. The molecule has 0 saturated carbocycles. The molecule has 0 aromatic heterocycles. The van der Waals surface area contributed by atoms with Crippen LogP contribution in [-0.2, 0) is 9.53 Å². The highest BCUT2D eigenvalue weighted by Crippen LogP contribution is 2.15. The number of ether oxygens (including phenoxy) is 1. The Bertz CT molecular complexity index is 400. The van der Waals surface area contributed by atoms with Crippen LogP contribution in [0.15, 0.2) is 24.3 Å². The molecule has 3 nitrogen and oxygen atoms in total. The van der Waals surface area contributed by atoms with E-state index in [4.69, 9.17) is 17.0 Å². The maximum Gasteiger partial charge on any atom is 0.312 e. The van der Waals surface area contributed by atoms with Crippen molar-refractivity contribution in [3.8, 4) is 0 Å². The molecule has 0 spiro atoms. The van der Waals surface area contributed by atoms with Gasteiger partial charge in [0.05, 0.1) is 18.0 Å². The fourth-order valence-electron chi connectivity index (χ4n) is 1.37. The molecule has 0 atom stereocenters. The zero-order valence-electron chi connectivity index (χ0n) is 10.4. The number of hydrogen-bond donors (Lipinski definition) is 0. The summed E-state index contributed by atoms with van der Waals surface area (Å²) in [5.74, 6) is -0.281. The van der Waals surface area contributed by atoms with Gasteiger partial charge in [0.25, 0.3) is 0 Å². The molecule has 0 aliphatic rings. The predicted molar refractivity (Wildman–Crippen MR) is 73.4 cm³/mol. The molecule has 92 valence electrons. The van der Waals surface area contributed by atoms with Gasteiger partial charge in [-0.25, -0.2) is 0 Å². The van der Waals surface area contributed by atoms with E-state index in [1.165, 1.54) is 5.56 Å². The van der Waals surface area contributed by atoms with Crippen molar-refractivity contribution >= 4 is 28.9 Å². The van der Waals surface area contributed by atoms with Crippen molar-refractivity contribution in [1.82, 2.24) is 0 Å². The van der Waals surface area contributed by atoms with Crippen LogP contribution in [0.5, 0.6) is 0 Å². The Hall–Kier alpha value is -1.42. The van der Waals surface area contributed by atoms with Gasteiger partial charge < -0.3 is 9.64 Å². The standard InChI is InChI=1S/C13H17NO2S/c1-4-16-13(15)9-12(17)14(3)11-7-5-10(2)6-8-11/h5-8H,4,9H2,1-3H3. The monoisotopic (exact) mass is 251 g/mol. The van der Waals surface area contributed by atoms with Crippen LogP contribution < -0.4 is 4.90 Å². The average molecular weight is 251 g/mol. The lowest BCUT2D eigenvalue weighted by Gasteiger charge is -2.19. The zero-order valence-corrected chi connectivity index (χ0v) is 11.2. The highest BCUT2D eigenvalue weighted by molar-refractivity contribution is 7.80. The van der Waals surface area contributed by atoms with Crippen molar-refractivity contribution in [2.45, 2.75) is 20.3 Å². The summed E-state index contributed by atoms with van der Waals surface area (Å²) in [4.78, 5) is 13.7. The van der Waals surface area contributed by atoms with Gasteiger partial charge in [-0.05, 0) is 26.0 Å². The summed E-state index contributed by atoms with van der Waals surface area (Å²) in [7, 11) is 1.85. The summed E-state index contributed by atoms with van der Waals surface area (Å²) < 4.78 is 4.86. The molecule has 1 rings (SSSR count). The largest absolute Gasteiger partial charge is 0.466 e. The third kappa shape index (κ3) is 4.15. The molecule has 0 aliphatic carbocycles. The summed E-state index contributed by atoms with van der Waals surface area (Å²) in [5.41, 5.74) is 2.17. The average Bonchev–Trinajstić information content (AvgIpc) is 2.29. The molecule has 17 heavy (non-hydrogen) atoms. The third-order valence-corrected chi connectivity index (χ3v) is 2.81. The Morgan fingerprint density at radius 1 is 1.35 bits per heavy atom. The van der Waals surface area contributed by atoms with E-state index >= 15 is 0 Å². The molecule has 0 unspecified atom stereocenters. The lowest BCUT2D eigenvalue weighted by Crippen LogP contribution is -2.27. The van der Waals surface area contributed by atoms with Crippen LogP contribution >= 0.6 is 12.2 Å². The van der Waals surface area contributed by atoms with Gasteiger partial charge in [0, 0.05) is 12.7 Å². The van der Waals surface area contributed by atoms with Crippen LogP contribution in [0.1, 0.15) is 18.9 Å². The third-order valence-electron chi connectivity index (χ3n) is 2.40. The van der Waals surface area contributed by atoms with Crippen molar-refractivity contribution < 1.29 is 9.53 Å². The molecular formula is C13H17NO2S. The molecule has 0 N–H and O–H groups in total. The molecular weight excluding hydrogens is 234 g/mol. The van der Waals surface area contributed by atoms with E-state index in [0.717, 1.165) is 5.69 Å². The van der Waals surface area contributed by atoms with E-state index in [9.17, 15) is 4.79 Å². The van der Waals surface area contributed by atoms with Crippen LogP contribution in [0.4, 0.5) is 5.69 Å². The summed E-state index contributed by atoms with van der Waals surface area (Å²) in [6.07, 6.45) is 0.146. The van der Waals surface area contributed by atoms with Crippen molar-refractivity contribution in [3.05, 3.63) is 29.8 Å². The summed E-state index contributed by atoms with van der Waals surface area (Å²) in [5, 5.41) is 0. The first kappa shape index (κ1) is 13.6. The van der Waals surface area contributed by atoms with Gasteiger partial charge in [-0.15, -0.1) is 0 Å². The first-order chi connectivity index (χ1) is 8.04. The maximum absolute atomic E-state index is 11.3. The zero-order chi connectivity index (χ0) is 12.8. The SMILES string of the molecule is CCOC(=O)CC(=S)N(C)c1ccc(C)cc1. The highest BCUT2D eigenvalue weighted by Gasteiger charge is 2.12. The fourth-order valence-corrected chi connectivity index (χ4v) is 1.59. The smallest absolute Gasteiger partial charge is 0.312 e. The number of esters is 1. The first-order valence-electron chi connectivity index (χ1n) is 5.53. The number of thiocarbonyl (C=S) groups is 1. The van der Waals surface area contributed by atoms with E-state index in [1.807, 2.05) is 43.1 Å². The Balaban J connectivity index is 2.63. The normalized spacial score (nSPS) is 9.82. The summed E-state index contributed by atoms with van der Waals surface area (Å²) >= 11 is 5.21. The van der Waals surface area contributed by atoms with Gasteiger partial charge in [-0.1, -0.05) is 29.9 Å². The van der Waals surface area contributed by atoms with E-state index < -0.39 is 0 Å². The van der Waals surface area contributed by atoms with Crippen LogP contribution in [0.25, 0.3) is 0 Å². The minimum Gasteiger partial charge on any atom is -0.466 e. The fraction of sp³-hybridized carbons (Fsp3) is 0.385. The van der Waals surface area contributed by atoms with Crippen molar-refractivity contribution in [3.63, 3.8) is 0 Å². The van der Waals surface area contributed by atoms with Gasteiger partial charge in [0.2, 0.25) is 0 Å². The lowest BCUT2D eigenvalue weighted by atomic mass is 10.2. The molecule has 1 aromatic rings. The molecule has 0 bridgehead atoms. The topological polar surface area (TPSA) is 29.5 Å². The Labute approximate surface area is 107 Å². The van der Waals surface area contributed by atoms with E-state index in [2.05, 4.69) is 0 Å². The molecule has 4 heteroatoms. The van der Waals surface area contributed by atoms with Gasteiger partial charge in [-0.2, -0.15) is 0 Å². The number of nitrogens with zero attached hydrogens (tertiary/aromatic N) is 1. The maximum atomic E-state index is 11.3. The number of carbonyl (C=O) groups is 1. The second kappa shape index (κ2) is 6.35. The first-order valence-corrected chi connectivity index (χ1v) is 5.94. The molecule has 0 aliphatic heterocycles. The Kier molecular flexibility index (Phi) is 5.10. The van der Waals surface area contributed by atoms with Gasteiger partial charge in [0.1, 0.15) is 0 Å². The van der Waals surface area contributed by atoms with Crippen LogP contribution in [0, 0.1) is 6.92 Å². The van der Waals surface area contributed by atoms with E-state index in [0.29, 0.717) is 11.6 Å². The summed E-state index contributed by atoms with van der Waals surface area (Å²) in [6, 6.07) is 7.98. The number of rotatable bonds is 4. The predicted octanol–water partition coefficient (Wildman–Crippen LogP) is 2.71. The molecule has 0 amide bonds. The van der Waals surface area contributed by atoms with Gasteiger partial charge >= 0.3 is 5.97 Å². The van der Waals surface area contributed by atoms with Gasteiger partial charge in [0.15, 0.2) is 0 Å². The second-order valence-electron chi connectivity index (χ2n) is 3.77. The van der Waals surface area contributed by atoms with Crippen LogP contribution in [0.3, 0.4) is 0 Å². The molecule has 1 aromatic carbocycles. The van der Waals surface area contributed by atoms with E-state index in [-0.39, 0.29) is 12.4 Å². The minimum absolute atomic E-state index is 0.146. The van der Waals surface area contributed by atoms with Crippen molar-refractivity contribution in [1.29, 1.82) is 0 Å². The lowest BCUT2D eigenvalue weighted by molar-refractivity contribution is -0.141. The summed E-state index contributed by atoms with van der Waals surface area (Å²) in [6.45, 7) is 4.20. The second-order valence-corrected chi connectivity index (χ2v) is 4.24. The van der Waals surface area contributed by atoms with Crippen LogP contribution in [0.2, 0.25) is 0 Å². The van der Waals surface area contributed by atoms with Crippen molar-refractivity contribution in [2.75, 3.05) is 18.6 Å². The number of benzene rings is 1. The van der Waals surface area contributed by atoms with Crippen LogP contribution in [-0.4, -0.2) is 24.6 Å². The quantitative estimate of drug-likeness (QED) is 0.608. The molecule has 0 fully saturated rings. The molecule has 0 radical (unpaired) electrons. The molecule has 0 saturated heterocycles. The molecule has 0 heterocycles.